The van der Waals surface area contributed by atoms with Gasteiger partial charge in [0, 0.05) is 20.7 Å². The molecule has 0 saturated carbocycles. The van der Waals surface area contributed by atoms with Gasteiger partial charge in [-0.2, -0.15) is 5.26 Å². The van der Waals surface area contributed by atoms with E-state index in [4.69, 9.17) is 23.2 Å². The predicted molar refractivity (Wildman–Crippen MR) is 89.3 cm³/mol. The van der Waals surface area contributed by atoms with Crippen LogP contribution in [0.3, 0.4) is 0 Å². The van der Waals surface area contributed by atoms with Crippen LogP contribution in [0.25, 0.3) is 0 Å². The highest BCUT2D eigenvalue weighted by atomic mass is 35.5. The van der Waals surface area contributed by atoms with Crippen LogP contribution in [0.5, 0.6) is 0 Å². The summed E-state index contributed by atoms with van der Waals surface area (Å²) in [5.41, 5.74) is 2.55. The van der Waals surface area contributed by atoms with Crippen molar-refractivity contribution in [2.75, 3.05) is 11.1 Å². The quantitative estimate of drug-likeness (QED) is 0.785. The Morgan fingerprint density at radius 3 is 2.71 bits per heavy atom. The van der Waals surface area contributed by atoms with Gasteiger partial charge in [-0.3, -0.25) is 0 Å². The summed E-state index contributed by atoms with van der Waals surface area (Å²) in [6, 6.07) is 13.6. The van der Waals surface area contributed by atoms with Gasteiger partial charge in [0.25, 0.3) is 0 Å². The summed E-state index contributed by atoms with van der Waals surface area (Å²) < 4.78 is 0. The maximum absolute atomic E-state index is 9.22. The van der Waals surface area contributed by atoms with Crippen LogP contribution in [0, 0.1) is 11.3 Å². The van der Waals surface area contributed by atoms with E-state index in [9.17, 15) is 5.26 Å². The summed E-state index contributed by atoms with van der Waals surface area (Å²) in [4.78, 5) is 1.24. The number of rotatable bonds is 2. The molecule has 0 saturated heterocycles. The lowest BCUT2D eigenvalue weighted by atomic mass is 10.0. The fraction of sp³-hybridized carbons (Fsp3) is 0.188. The molecule has 5 heteroatoms. The highest BCUT2D eigenvalue weighted by Gasteiger charge is 2.21. The molecule has 0 radical (unpaired) electrons. The number of fused-ring (bicyclic) bond motifs is 1. The summed E-state index contributed by atoms with van der Waals surface area (Å²) in [5.74, 6) is 1.04. The molecular weight excluding hydrogens is 323 g/mol. The second-order valence-electron chi connectivity index (χ2n) is 4.82. The number of anilines is 1. The number of halogens is 2. The summed E-state index contributed by atoms with van der Waals surface area (Å²) in [6.45, 7) is 0. The van der Waals surface area contributed by atoms with Crippen molar-refractivity contribution in [1.82, 2.24) is 0 Å². The van der Waals surface area contributed by atoms with Crippen LogP contribution in [0.1, 0.15) is 23.6 Å². The summed E-state index contributed by atoms with van der Waals surface area (Å²) in [7, 11) is 0. The molecule has 0 amide bonds. The van der Waals surface area contributed by atoms with Crippen LogP contribution >= 0.6 is 35.0 Å². The van der Waals surface area contributed by atoms with Gasteiger partial charge in [0.05, 0.1) is 17.3 Å². The predicted octanol–water partition coefficient (Wildman–Crippen LogP) is 5.51. The highest BCUT2D eigenvalue weighted by Crippen LogP contribution is 2.39. The average molecular weight is 335 g/mol. The van der Waals surface area contributed by atoms with Gasteiger partial charge in [0.15, 0.2) is 0 Å². The van der Waals surface area contributed by atoms with E-state index in [1.807, 2.05) is 23.9 Å². The molecule has 0 aromatic heterocycles. The fourth-order valence-corrected chi connectivity index (χ4v) is 3.89. The lowest BCUT2D eigenvalue weighted by Gasteiger charge is -2.27. The number of hydrogen-bond acceptors (Lipinski definition) is 3. The van der Waals surface area contributed by atoms with Crippen molar-refractivity contribution in [3.05, 3.63) is 57.6 Å². The molecule has 0 bridgehead atoms. The van der Waals surface area contributed by atoms with E-state index in [0.29, 0.717) is 10.6 Å². The van der Waals surface area contributed by atoms with Gasteiger partial charge in [-0.15, -0.1) is 11.8 Å². The second-order valence-corrected chi connectivity index (χ2v) is 6.83. The first-order valence-electron chi connectivity index (χ1n) is 6.56. The van der Waals surface area contributed by atoms with E-state index in [1.54, 1.807) is 18.2 Å². The molecule has 0 fully saturated rings. The molecule has 1 heterocycles. The molecule has 106 valence electrons. The third-order valence-electron chi connectivity index (χ3n) is 3.44. The number of nitrogens with zero attached hydrogens (tertiary/aromatic N) is 1. The van der Waals surface area contributed by atoms with Crippen LogP contribution in [0.4, 0.5) is 5.69 Å². The van der Waals surface area contributed by atoms with E-state index in [2.05, 4.69) is 17.5 Å². The SMILES string of the molecule is N#Cc1ccc(Cl)cc1NC1CCSc2ccc(Cl)cc21. The Kier molecular flexibility index (Phi) is 4.30. The molecule has 21 heavy (non-hydrogen) atoms. The zero-order valence-electron chi connectivity index (χ0n) is 11.1. The van der Waals surface area contributed by atoms with E-state index < -0.39 is 0 Å². The maximum atomic E-state index is 9.22. The van der Waals surface area contributed by atoms with E-state index >= 15 is 0 Å². The normalized spacial score (nSPS) is 16.9. The van der Waals surface area contributed by atoms with Crippen LogP contribution in [0.2, 0.25) is 10.0 Å². The number of hydrogen-bond donors (Lipinski definition) is 1. The summed E-state index contributed by atoms with van der Waals surface area (Å²) in [6.07, 6.45) is 0.982. The zero-order valence-corrected chi connectivity index (χ0v) is 13.4. The minimum absolute atomic E-state index is 0.144. The number of thioether (sulfide) groups is 1. The summed E-state index contributed by atoms with van der Waals surface area (Å²) >= 11 is 14.0. The Morgan fingerprint density at radius 2 is 1.90 bits per heavy atom. The number of benzene rings is 2. The molecule has 0 spiro atoms. The Labute approximate surface area is 138 Å². The lowest BCUT2D eigenvalue weighted by molar-refractivity contribution is 0.728. The van der Waals surface area contributed by atoms with Crippen molar-refractivity contribution in [2.24, 2.45) is 0 Å². The van der Waals surface area contributed by atoms with Crippen LogP contribution < -0.4 is 5.32 Å². The molecule has 0 aliphatic carbocycles. The standard InChI is InChI=1S/C16H12Cl2N2S/c17-11-3-4-16-13(7-11)14(5-6-21-16)20-15-8-12(18)2-1-10(15)9-19/h1-4,7-8,14,20H,5-6H2. The van der Waals surface area contributed by atoms with Crippen molar-refractivity contribution in [3.63, 3.8) is 0 Å². The smallest absolute Gasteiger partial charge is 0.101 e. The molecule has 1 atom stereocenters. The largest absolute Gasteiger partial charge is 0.377 e. The van der Waals surface area contributed by atoms with Gasteiger partial charge in [-0.1, -0.05) is 23.2 Å². The van der Waals surface area contributed by atoms with Crippen molar-refractivity contribution >= 4 is 40.7 Å². The number of nitrogens with one attached hydrogen (secondary N) is 1. The molecule has 1 aliphatic heterocycles. The Balaban J connectivity index is 1.96. The molecule has 3 rings (SSSR count). The molecule has 1 unspecified atom stereocenters. The third kappa shape index (κ3) is 3.13. The first kappa shape index (κ1) is 14.6. The fourth-order valence-electron chi connectivity index (χ4n) is 2.44. The van der Waals surface area contributed by atoms with Gasteiger partial charge in [0.1, 0.15) is 6.07 Å². The van der Waals surface area contributed by atoms with Crippen LogP contribution in [0.15, 0.2) is 41.3 Å². The van der Waals surface area contributed by atoms with Crippen LogP contribution in [-0.2, 0) is 0 Å². The van der Waals surface area contributed by atoms with Gasteiger partial charge in [-0.05, 0) is 48.4 Å². The van der Waals surface area contributed by atoms with Crippen molar-refractivity contribution < 1.29 is 0 Å². The lowest BCUT2D eigenvalue weighted by Crippen LogP contribution is -2.16. The summed E-state index contributed by atoms with van der Waals surface area (Å²) in [5, 5.41) is 14.0. The molecule has 1 aliphatic rings. The molecule has 2 nitrogen and oxygen atoms in total. The van der Waals surface area contributed by atoms with Gasteiger partial charge in [0.2, 0.25) is 0 Å². The van der Waals surface area contributed by atoms with E-state index in [1.165, 1.54) is 10.5 Å². The van der Waals surface area contributed by atoms with Crippen molar-refractivity contribution in [3.8, 4) is 6.07 Å². The van der Waals surface area contributed by atoms with E-state index in [0.717, 1.165) is 22.9 Å². The highest BCUT2D eigenvalue weighted by molar-refractivity contribution is 7.99. The maximum Gasteiger partial charge on any atom is 0.101 e. The van der Waals surface area contributed by atoms with Gasteiger partial charge >= 0.3 is 0 Å². The molecule has 1 N–H and O–H groups in total. The van der Waals surface area contributed by atoms with Gasteiger partial charge in [-0.25, -0.2) is 0 Å². The topological polar surface area (TPSA) is 35.8 Å². The van der Waals surface area contributed by atoms with E-state index in [-0.39, 0.29) is 6.04 Å². The Hall–Kier alpha value is -1.34. The molecule has 2 aromatic carbocycles. The molecular formula is C16H12Cl2N2S. The minimum Gasteiger partial charge on any atom is -0.377 e. The minimum atomic E-state index is 0.144. The second kappa shape index (κ2) is 6.19. The van der Waals surface area contributed by atoms with Gasteiger partial charge < -0.3 is 5.32 Å². The monoisotopic (exact) mass is 334 g/mol. The Bertz CT molecular complexity index is 725. The molecule has 2 aromatic rings. The third-order valence-corrected chi connectivity index (χ3v) is 5.04. The first-order chi connectivity index (χ1) is 10.2. The van der Waals surface area contributed by atoms with Crippen molar-refractivity contribution in [2.45, 2.75) is 17.4 Å². The first-order valence-corrected chi connectivity index (χ1v) is 8.30. The van der Waals surface area contributed by atoms with Crippen LogP contribution in [-0.4, -0.2) is 5.75 Å². The van der Waals surface area contributed by atoms with Crippen molar-refractivity contribution in [1.29, 1.82) is 5.26 Å². The number of nitriles is 1. The Morgan fingerprint density at radius 1 is 1.14 bits per heavy atom. The zero-order chi connectivity index (χ0) is 14.8. The average Bonchev–Trinajstić information content (AvgIpc) is 2.48.